The molecule has 0 amide bonds. The first-order chi connectivity index (χ1) is 11.1. The highest BCUT2D eigenvalue weighted by Gasteiger charge is 2.11. The van der Waals surface area contributed by atoms with Crippen LogP contribution in [0.25, 0.3) is 11.1 Å². The van der Waals surface area contributed by atoms with Crippen molar-refractivity contribution in [1.82, 2.24) is 0 Å². The lowest BCUT2D eigenvalue weighted by Gasteiger charge is -2.07. The molecule has 0 heterocycles. The van der Waals surface area contributed by atoms with Crippen molar-refractivity contribution in [3.8, 4) is 16.9 Å². The topological polar surface area (TPSA) is 26.3 Å². The van der Waals surface area contributed by atoms with Gasteiger partial charge in [-0.25, -0.2) is 4.79 Å². The van der Waals surface area contributed by atoms with Gasteiger partial charge in [-0.3, -0.25) is 0 Å². The first-order valence-corrected chi connectivity index (χ1v) is 8.13. The van der Waals surface area contributed by atoms with Gasteiger partial charge in [-0.1, -0.05) is 54.1 Å². The van der Waals surface area contributed by atoms with Crippen molar-refractivity contribution in [3.63, 3.8) is 0 Å². The first kappa shape index (κ1) is 15.8. The third kappa shape index (κ3) is 3.81. The molecule has 0 bridgehead atoms. The lowest BCUT2D eigenvalue weighted by Crippen LogP contribution is -2.08. The van der Waals surface area contributed by atoms with Crippen molar-refractivity contribution < 1.29 is 9.53 Å². The highest BCUT2D eigenvalue weighted by molar-refractivity contribution is 9.10. The van der Waals surface area contributed by atoms with Crippen molar-refractivity contribution in [1.29, 1.82) is 0 Å². The second kappa shape index (κ2) is 6.99. The summed E-state index contributed by atoms with van der Waals surface area (Å²) in [5, 5.41) is 0.573. The summed E-state index contributed by atoms with van der Waals surface area (Å²) in [5.74, 6) is 0.0270. The van der Waals surface area contributed by atoms with Crippen LogP contribution in [0.3, 0.4) is 0 Å². The van der Waals surface area contributed by atoms with Crippen LogP contribution in [0.4, 0.5) is 0 Å². The summed E-state index contributed by atoms with van der Waals surface area (Å²) in [7, 11) is 0. The van der Waals surface area contributed by atoms with Gasteiger partial charge in [-0.15, -0.1) is 0 Å². The molecule has 0 aliphatic heterocycles. The van der Waals surface area contributed by atoms with Crippen LogP contribution in [0.5, 0.6) is 5.75 Å². The number of esters is 1. The fraction of sp³-hybridized carbons (Fsp3) is 0. The molecule has 4 heteroatoms. The van der Waals surface area contributed by atoms with Gasteiger partial charge in [0, 0.05) is 5.02 Å². The van der Waals surface area contributed by atoms with E-state index in [1.807, 2.05) is 42.5 Å². The predicted octanol–water partition coefficient (Wildman–Crippen LogP) is 5.99. The molecule has 0 atom stereocenters. The highest BCUT2D eigenvalue weighted by Crippen LogP contribution is 2.29. The van der Waals surface area contributed by atoms with Gasteiger partial charge in [0.2, 0.25) is 0 Å². The van der Waals surface area contributed by atoms with Gasteiger partial charge in [-0.05, 0) is 57.4 Å². The van der Waals surface area contributed by atoms with E-state index in [0.29, 0.717) is 20.8 Å². The average molecular weight is 388 g/mol. The minimum absolute atomic E-state index is 0.410. The second-order valence-corrected chi connectivity index (χ2v) is 6.20. The van der Waals surface area contributed by atoms with Gasteiger partial charge in [0.05, 0.1) is 10.0 Å². The maximum atomic E-state index is 12.2. The van der Waals surface area contributed by atoms with Crippen LogP contribution in [0.1, 0.15) is 10.4 Å². The van der Waals surface area contributed by atoms with E-state index in [9.17, 15) is 4.79 Å². The van der Waals surface area contributed by atoms with Crippen LogP contribution in [0.15, 0.2) is 77.3 Å². The zero-order chi connectivity index (χ0) is 16.2. The minimum Gasteiger partial charge on any atom is -0.422 e. The molecule has 3 aromatic rings. The lowest BCUT2D eigenvalue weighted by atomic mass is 10.0. The van der Waals surface area contributed by atoms with Gasteiger partial charge in [-0.2, -0.15) is 0 Å². The molecule has 0 aliphatic carbocycles. The molecule has 0 spiro atoms. The number of carbonyl (C=O) groups is 1. The Morgan fingerprint density at radius 2 is 1.52 bits per heavy atom. The van der Waals surface area contributed by atoms with Crippen molar-refractivity contribution in [2.75, 3.05) is 0 Å². The van der Waals surface area contributed by atoms with E-state index in [2.05, 4.69) is 15.9 Å². The van der Waals surface area contributed by atoms with E-state index < -0.39 is 5.97 Å². The smallest absolute Gasteiger partial charge is 0.343 e. The van der Waals surface area contributed by atoms with Crippen molar-refractivity contribution in [3.05, 3.63) is 87.9 Å². The van der Waals surface area contributed by atoms with Crippen molar-refractivity contribution >= 4 is 33.5 Å². The number of benzene rings is 3. The number of hydrogen-bond acceptors (Lipinski definition) is 2. The number of carbonyl (C=O) groups excluding carboxylic acids is 1. The Bertz CT molecular complexity index is 830. The van der Waals surface area contributed by atoms with Gasteiger partial charge in [0.15, 0.2) is 0 Å². The largest absolute Gasteiger partial charge is 0.422 e. The molecule has 0 N–H and O–H groups in total. The number of ether oxygens (including phenoxy) is 1. The Kier molecular flexibility index (Phi) is 4.79. The molecule has 0 saturated heterocycles. The molecule has 2 nitrogen and oxygen atoms in total. The van der Waals surface area contributed by atoms with E-state index >= 15 is 0 Å². The molecule has 0 radical (unpaired) electrons. The Morgan fingerprint density at radius 1 is 0.870 bits per heavy atom. The first-order valence-electron chi connectivity index (χ1n) is 6.96. The maximum absolute atomic E-state index is 12.2. The second-order valence-electron chi connectivity index (χ2n) is 4.91. The average Bonchev–Trinajstić information content (AvgIpc) is 2.58. The van der Waals surface area contributed by atoms with Crippen LogP contribution < -0.4 is 4.74 Å². The zero-order valence-electron chi connectivity index (χ0n) is 12.0. The fourth-order valence-corrected chi connectivity index (χ4v) is 2.91. The van der Waals surface area contributed by atoms with Crippen LogP contribution in [-0.4, -0.2) is 5.97 Å². The molecular weight excluding hydrogens is 376 g/mol. The zero-order valence-corrected chi connectivity index (χ0v) is 14.3. The number of rotatable bonds is 3. The SMILES string of the molecule is O=C(Oc1ccc(Cl)cc1Br)c1ccc(-c2ccccc2)cc1. The van der Waals surface area contributed by atoms with Gasteiger partial charge >= 0.3 is 5.97 Å². The summed E-state index contributed by atoms with van der Waals surface area (Å²) < 4.78 is 6.03. The number of halogens is 2. The van der Waals surface area contributed by atoms with E-state index in [0.717, 1.165) is 11.1 Å². The maximum Gasteiger partial charge on any atom is 0.343 e. The van der Waals surface area contributed by atoms with Gasteiger partial charge in [0.25, 0.3) is 0 Å². The predicted molar refractivity (Wildman–Crippen MR) is 96.0 cm³/mol. The summed E-state index contributed by atoms with van der Waals surface area (Å²) in [4.78, 5) is 12.2. The quantitative estimate of drug-likeness (QED) is 0.407. The molecule has 23 heavy (non-hydrogen) atoms. The summed E-state index contributed by atoms with van der Waals surface area (Å²) in [5.41, 5.74) is 2.65. The van der Waals surface area contributed by atoms with Gasteiger partial charge < -0.3 is 4.74 Å². The monoisotopic (exact) mass is 386 g/mol. The van der Waals surface area contributed by atoms with Crippen LogP contribution in [-0.2, 0) is 0 Å². The molecular formula is C19H12BrClO2. The molecule has 114 valence electrons. The highest BCUT2D eigenvalue weighted by atomic mass is 79.9. The van der Waals surface area contributed by atoms with E-state index in [4.69, 9.17) is 16.3 Å². The van der Waals surface area contributed by atoms with Gasteiger partial charge in [0.1, 0.15) is 5.75 Å². The van der Waals surface area contributed by atoms with Crippen molar-refractivity contribution in [2.24, 2.45) is 0 Å². The normalized spacial score (nSPS) is 10.3. The molecule has 0 fully saturated rings. The standard InChI is InChI=1S/C19H12BrClO2/c20-17-12-16(21)10-11-18(17)23-19(22)15-8-6-14(7-9-15)13-4-2-1-3-5-13/h1-12H. The van der Waals surface area contributed by atoms with Crippen LogP contribution >= 0.6 is 27.5 Å². The van der Waals surface area contributed by atoms with Crippen LogP contribution in [0.2, 0.25) is 5.02 Å². The van der Waals surface area contributed by atoms with E-state index in [1.54, 1.807) is 30.3 Å². The molecule has 0 aliphatic rings. The Labute approximate surface area is 147 Å². The molecule has 3 aromatic carbocycles. The summed E-state index contributed by atoms with van der Waals surface area (Å²) in [6, 6.07) is 22.3. The van der Waals surface area contributed by atoms with Crippen molar-refractivity contribution in [2.45, 2.75) is 0 Å². The third-order valence-electron chi connectivity index (χ3n) is 3.32. The molecule has 0 aromatic heterocycles. The summed E-state index contributed by atoms with van der Waals surface area (Å²) in [6.07, 6.45) is 0. The fourth-order valence-electron chi connectivity index (χ4n) is 2.15. The Balaban J connectivity index is 1.78. The van der Waals surface area contributed by atoms with Crippen LogP contribution in [0, 0.1) is 0 Å². The summed E-state index contributed by atoms with van der Waals surface area (Å²) in [6.45, 7) is 0. The summed E-state index contributed by atoms with van der Waals surface area (Å²) >= 11 is 9.20. The Morgan fingerprint density at radius 3 is 2.17 bits per heavy atom. The molecule has 0 unspecified atom stereocenters. The lowest BCUT2D eigenvalue weighted by molar-refractivity contribution is 0.0733. The number of hydrogen-bond donors (Lipinski definition) is 0. The minimum atomic E-state index is -0.410. The van der Waals surface area contributed by atoms with E-state index in [-0.39, 0.29) is 0 Å². The Hall–Kier alpha value is -2.10. The third-order valence-corrected chi connectivity index (χ3v) is 4.18. The molecule has 3 rings (SSSR count). The van der Waals surface area contributed by atoms with E-state index in [1.165, 1.54) is 0 Å². The molecule has 0 saturated carbocycles.